The smallest absolute Gasteiger partial charge is 0.287 e. The molecule has 1 saturated heterocycles. The van der Waals surface area contributed by atoms with Gasteiger partial charge in [-0.15, -0.1) is 0 Å². The van der Waals surface area contributed by atoms with Crippen LogP contribution in [0.5, 0.6) is 0 Å². The van der Waals surface area contributed by atoms with E-state index in [9.17, 15) is 4.79 Å². The Labute approximate surface area is 131 Å². The molecule has 3 rings (SSSR count). The summed E-state index contributed by atoms with van der Waals surface area (Å²) in [7, 11) is 0. The van der Waals surface area contributed by atoms with Gasteiger partial charge in [0.15, 0.2) is 10.4 Å². The largest absolute Gasteiger partial charge is 0.468 e. The van der Waals surface area contributed by atoms with Crippen LogP contribution in [0, 0.1) is 0 Å². The van der Waals surface area contributed by atoms with Gasteiger partial charge in [0, 0.05) is 6.54 Å². The number of halogens is 1. The van der Waals surface area contributed by atoms with Crippen molar-refractivity contribution in [2.45, 2.75) is 18.9 Å². The second-order valence-corrected chi connectivity index (χ2v) is 5.87. The minimum absolute atomic E-state index is 0.0739. The van der Waals surface area contributed by atoms with Crippen LogP contribution < -0.4 is 5.32 Å². The van der Waals surface area contributed by atoms with Gasteiger partial charge in [0.05, 0.1) is 12.3 Å². The highest BCUT2D eigenvalue weighted by atomic mass is 79.9. The Morgan fingerprint density at radius 3 is 2.76 bits per heavy atom. The predicted molar refractivity (Wildman–Crippen MR) is 81.0 cm³/mol. The van der Waals surface area contributed by atoms with Gasteiger partial charge in [0.2, 0.25) is 0 Å². The number of nitrogens with zero attached hydrogens (tertiary/aromatic N) is 1. The van der Waals surface area contributed by atoms with Crippen molar-refractivity contribution < 1.29 is 13.6 Å². The quantitative estimate of drug-likeness (QED) is 0.897. The fourth-order valence-electron chi connectivity index (χ4n) is 2.66. The molecule has 0 bridgehead atoms. The van der Waals surface area contributed by atoms with E-state index in [1.807, 2.05) is 12.1 Å². The zero-order valence-corrected chi connectivity index (χ0v) is 13.1. The third-order valence-corrected chi connectivity index (χ3v) is 4.13. The average molecular weight is 353 g/mol. The number of hydrogen-bond acceptors (Lipinski definition) is 4. The molecular formula is C15H17BrN2O3. The van der Waals surface area contributed by atoms with Crippen molar-refractivity contribution in [1.29, 1.82) is 0 Å². The molecule has 0 aromatic carbocycles. The van der Waals surface area contributed by atoms with Crippen LogP contribution >= 0.6 is 15.9 Å². The second kappa shape index (κ2) is 6.49. The Balaban J connectivity index is 1.66. The number of nitrogens with one attached hydrogen (secondary N) is 1. The normalized spacial score (nSPS) is 17.0. The molecule has 112 valence electrons. The van der Waals surface area contributed by atoms with Gasteiger partial charge in [-0.2, -0.15) is 0 Å². The van der Waals surface area contributed by atoms with Crippen LogP contribution in [0.25, 0.3) is 0 Å². The summed E-state index contributed by atoms with van der Waals surface area (Å²) in [6, 6.07) is 7.27. The van der Waals surface area contributed by atoms with Gasteiger partial charge in [-0.25, -0.2) is 0 Å². The fourth-order valence-corrected chi connectivity index (χ4v) is 2.96. The zero-order valence-electron chi connectivity index (χ0n) is 11.5. The summed E-state index contributed by atoms with van der Waals surface area (Å²) < 4.78 is 11.3. The Kier molecular flexibility index (Phi) is 4.45. The van der Waals surface area contributed by atoms with E-state index in [0.717, 1.165) is 18.8 Å². The lowest BCUT2D eigenvalue weighted by Gasteiger charge is -2.25. The third kappa shape index (κ3) is 3.39. The maximum Gasteiger partial charge on any atom is 0.287 e. The Morgan fingerprint density at radius 1 is 1.33 bits per heavy atom. The molecule has 0 aliphatic carbocycles. The molecule has 1 N–H and O–H groups in total. The number of rotatable bonds is 5. The number of furan rings is 2. The summed E-state index contributed by atoms with van der Waals surface area (Å²) in [6.45, 7) is 2.58. The average Bonchev–Trinajstić information content (AvgIpc) is 3.21. The van der Waals surface area contributed by atoms with Crippen molar-refractivity contribution in [2.24, 2.45) is 0 Å². The molecule has 0 saturated carbocycles. The van der Waals surface area contributed by atoms with Crippen molar-refractivity contribution in [3.8, 4) is 0 Å². The van der Waals surface area contributed by atoms with Gasteiger partial charge in [-0.3, -0.25) is 9.69 Å². The van der Waals surface area contributed by atoms with E-state index in [0.29, 0.717) is 17.0 Å². The van der Waals surface area contributed by atoms with E-state index in [4.69, 9.17) is 8.83 Å². The molecule has 1 atom stereocenters. The van der Waals surface area contributed by atoms with E-state index in [-0.39, 0.29) is 11.9 Å². The maximum atomic E-state index is 12.1. The van der Waals surface area contributed by atoms with Gasteiger partial charge in [0.1, 0.15) is 5.76 Å². The molecular weight excluding hydrogens is 336 g/mol. The van der Waals surface area contributed by atoms with Crippen molar-refractivity contribution in [3.05, 3.63) is 46.7 Å². The lowest BCUT2D eigenvalue weighted by Crippen LogP contribution is -2.36. The van der Waals surface area contributed by atoms with E-state index >= 15 is 0 Å². The minimum atomic E-state index is -0.212. The van der Waals surface area contributed by atoms with Crippen LogP contribution in [0.4, 0.5) is 0 Å². The van der Waals surface area contributed by atoms with Crippen LogP contribution in [0.3, 0.4) is 0 Å². The molecule has 1 fully saturated rings. The van der Waals surface area contributed by atoms with Gasteiger partial charge < -0.3 is 14.2 Å². The van der Waals surface area contributed by atoms with Crippen molar-refractivity contribution >= 4 is 21.8 Å². The summed E-state index contributed by atoms with van der Waals surface area (Å²) >= 11 is 3.20. The third-order valence-electron chi connectivity index (χ3n) is 3.71. The predicted octanol–water partition coefficient (Wildman–Crippen LogP) is 3.20. The number of carbonyl (C=O) groups excluding carboxylic acids is 1. The minimum Gasteiger partial charge on any atom is -0.468 e. The second-order valence-electron chi connectivity index (χ2n) is 5.09. The summed E-state index contributed by atoms with van der Waals surface area (Å²) in [4.78, 5) is 14.4. The molecule has 3 heterocycles. The molecule has 2 aromatic heterocycles. The number of carbonyl (C=O) groups is 1. The molecule has 1 amide bonds. The highest BCUT2D eigenvalue weighted by Gasteiger charge is 2.26. The Bertz CT molecular complexity index is 588. The van der Waals surface area contributed by atoms with Gasteiger partial charge in [-0.1, -0.05) is 0 Å². The van der Waals surface area contributed by atoms with Crippen LogP contribution in [0.15, 0.2) is 44.0 Å². The molecule has 0 radical (unpaired) electrons. The summed E-state index contributed by atoms with van der Waals surface area (Å²) in [6.07, 6.45) is 4.05. The zero-order chi connectivity index (χ0) is 14.7. The van der Waals surface area contributed by atoms with Crippen molar-refractivity contribution in [1.82, 2.24) is 10.2 Å². The standard InChI is InChI=1S/C15H17BrN2O3/c16-14-6-5-13(21-14)15(19)17-10-11(12-4-3-9-20-12)18-7-1-2-8-18/h3-6,9,11H,1-2,7-8,10H2,(H,17,19)/t11-/m1/s1. The molecule has 5 nitrogen and oxygen atoms in total. The molecule has 1 aliphatic heterocycles. The number of likely N-dealkylation sites (tertiary alicyclic amines) is 1. The van der Waals surface area contributed by atoms with Gasteiger partial charge in [-0.05, 0) is 66.1 Å². The van der Waals surface area contributed by atoms with Gasteiger partial charge in [0.25, 0.3) is 5.91 Å². The number of amides is 1. The molecule has 0 unspecified atom stereocenters. The van der Waals surface area contributed by atoms with Crippen LogP contribution in [-0.4, -0.2) is 30.4 Å². The van der Waals surface area contributed by atoms with Crippen molar-refractivity contribution in [3.63, 3.8) is 0 Å². The first kappa shape index (κ1) is 14.4. The first-order valence-corrected chi connectivity index (χ1v) is 7.84. The fraction of sp³-hybridized carbons (Fsp3) is 0.400. The molecule has 1 aliphatic rings. The highest BCUT2D eigenvalue weighted by molar-refractivity contribution is 9.10. The topological polar surface area (TPSA) is 58.6 Å². The Hall–Kier alpha value is -1.53. The van der Waals surface area contributed by atoms with Crippen LogP contribution in [-0.2, 0) is 0 Å². The molecule has 0 spiro atoms. The van der Waals surface area contributed by atoms with Crippen molar-refractivity contribution in [2.75, 3.05) is 19.6 Å². The number of hydrogen-bond donors (Lipinski definition) is 1. The first-order valence-electron chi connectivity index (χ1n) is 7.05. The maximum absolute atomic E-state index is 12.1. The summed E-state index contributed by atoms with van der Waals surface area (Å²) in [5.74, 6) is 0.982. The van der Waals surface area contributed by atoms with Gasteiger partial charge >= 0.3 is 0 Å². The Morgan fingerprint density at radius 2 is 2.14 bits per heavy atom. The monoisotopic (exact) mass is 352 g/mol. The lowest BCUT2D eigenvalue weighted by molar-refractivity contribution is 0.0905. The molecule has 2 aromatic rings. The summed E-state index contributed by atoms with van der Waals surface area (Å²) in [5, 5.41) is 2.92. The summed E-state index contributed by atoms with van der Waals surface area (Å²) in [5.41, 5.74) is 0. The molecule has 6 heteroatoms. The van der Waals surface area contributed by atoms with E-state index in [1.54, 1.807) is 18.4 Å². The SMILES string of the molecule is O=C(NC[C@H](c1ccco1)N1CCCC1)c1ccc(Br)o1. The van der Waals surface area contributed by atoms with Crippen LogP contribution in [0.1, 0.15) is 35.2 Å². The van der Waals surface area contributed by atoms with E-state index in [1.165, 1.54) is 12.8 Å². The first-order chi connectivity index (χ1) is 10.2. The van der Waals surface area contributed by atoms with Crippen LogP contribution in [0.2, 0.25) is 0 Å². The van der Waals surface area contributed by atoms with E-state index < -0.39 is 0 Å². The highest BCUT2D eigenvalue weighted by Crippen LogP contribution is 2.25. The van der Waals surface area contributed by atoms with E-state index in [2.05, 4.69) is 26.1 Å². The molecule has 21 heavy (non-hydrogen) atoms. The lowest BCUT2D eigenvalue weighted by atomic mass is 10.2.